The van der Waals surface area contributed by atoms with Gasteiger partial charge in [-0.05, 0) is 88.5 Å². The Morgan fingerprint density at radius 1 is 0.491 bits per heavy atom. The second-order valence-corrected chi connectivity index (χ2v) is 15.5. The zero-order valence-electron chi connectivity index (χ0n) is 32.0. The predicted octanol–water partition coefficient (Wildman–Crippen LogP) is 14.3. The maximum Gasteiger partial charge on any atom is 0.0729 e. The highest BCUT2D eigenvalue weighted by molar-refractivity contribution is 6.13. The summed E-state index contributed by atoms with van der Waals surface area (Å²) in [6.07, 6.45) is 3.84. The maximum absolute atomic E-state index is 8.99. The van der Waals surface area contributed by atoms with Crippen LogP contribution in [0, 0.1) is 5.41 Å². The molecule has 57 heavy (non-hydrogen) atoms. The number of hydrogen-bond donors (Lipinski definition) is 1. The summed E-state index contributed by atoms with van der Waals surface area (Å²) in [5, 5.41) is 16.2. The van der Waals surface area contributed by atoms with Crippen LogP contribution in [-0.4, -0.2) is 11.9 Å². The van der Waals surface area contributed by atoms with Gasteiger partial charge in [-0.25, -0.2) is 0 Å². The number of rotatable bonds is 7. The Balaban J connectivity index is 1.03. The van der Waals surface area contributed by atoms with Gasteiger partial charge in [-0.15, -0.1) is 0 Å². The Morgan fingerprint density at radius 3 is 1.86 bits per heavy atom. The van der Waals surface area contributed by atoms with E-state index in [1.165, 1.54) is 60.7 Å². The number of aliphatic imine (C=N–C) groups is 1. The molecule has 0 aromatic heterocycles. The highest BCUT2D eigenvalue weighted by Crippen LogP contribution is 2.54. The minimum atomic E-state index is -0.0967. The molecule has 0 spiro atoms. The fourth-order valence-electron chi connectivity index (χ4n) is 9.02. The molecule has 0 heterocycles. The lowest BCUT2D eigenvalue weighted by molar-refractivity contribution is 0.666. The van der Waals surface area contributed by atoms with E-state index >= 15 is 0 Å². The average Bonchev–Trinajstić information content (AvgIpc) is 3.51. The summed E-state index contributed by atoms with van der Waals surface area (Å²) in [7, 11) is 0. The summed E-state index contributed by atoms with van der Waals surface area (Å²) in [4.78, 5) is 5.14. The minimum Gasteiger partial charge on any atom is -0.300 e. The van der Waals surface area contributed by atoms with Crippen molar-refractivity contribution in [3.63, 3.8) is 0 Å². The summed E-state index contributed by atoms with van der Waals surface area (Å²) >= 11 is 0. The quantitative estimate of drug-likeness (QED) is 0.159. The van der Waals surface area contributed by atoms with Crippen molar-refractivity contribution in [1.29, 1.82) is 5.41 Å². The van der Waals surface area contributed by atoms with Crippen molar-refractivity contribution in [3.8, 4) is 33.4 Å². The molecule has 0 aliphatic heterocycles. The molecule has 1 aliphatic rings. The Morgan fingerprint density at radius 2 is 1.09 bits per heavy atom. The first-order chi connectivity index (χ1) is 28.0. The average molecular weight is 729 g/mol. The van der Waals surface area contributed by atoms with E-state index in [-0.39, 0.29) is 5.41 Å². The monoisotopic (exact) mass is 728 g/mol. The molecule has 9 aromatic rings. The molecule has 10 rings (SSSR count). The minimum absolute atomic E-state index is 0.0967. The van der Waals surface area contributed by atoms with E-state index in [0.717, 1.165) is 38.5 Å². The summed E-state index contributed by atoms with van der Waals surface area (Å²) in [5.74, 6) is 0. The number of hydrogen-bond acceptors (Lipinski definition) is 2. The molecule has 270 valence electrons. The fourth-order valence-corrected chi connectivity index (χ4v) is 9.02. The summed E-state index contributed by atoms with van der Waals surface area (Å²) in [6.45, 7) is 4.74. The van der Waals surface area contributed by atoms with E-state index in [0.29, 0.717) is 5.71 Å². The summed E-state index contributed by atoms with van der Waals surface area (Å²) in [5.41, 5.74) is 14.3. The van der Waals surface area contributed by atoms with Crippen LogP contribution in [0.3, 0.4) is 0 Å². The van der Waals surface area contributed by atoms with Crippen molar-refractivity contribution in [2.45, 2.75) is 19.3 Å². The summed E-state index contributed by atoms with van der Waals surface area (Å²) < 4.78 is 0. The molecule has 0 unspecified atom stereocenters. The van der Waals surface area contributed by atoms with Crippen molar-refractivity contribution in [2.75, 3.05) is 0 Å². The second kappa shape index (κ2) is 13.8. The van der Waals surface area contributed by atoms with Gasteiger partial charge < -0.3 is 5.41 Å². The van der Waals surface area contributed by atoms with Gasteiger partial charge in [0.2, 0.25) is 0 Å². The van der Waals surface area contributed by atoms with Crippen molar-refractivity contribution in [3.05, 3.63) is 222 Å². The van der Waals surface area contributed by atoms with Crippen LogP contribution < -0.4 is 0 Å². The van der Waals surface area contributed by atoms with Crippen LogP contribution in [0.2, 0.25) is 0 Å². The molecular formula is C55H40N2. The number of nitrogens with zero attached hydrogens (tertiary/aromatic N) is 1. The Labute approximate surface area is 333 Å². The fraction of sp³-hybridized carbons (Fsp3) is 0.0545. The van der Waals surface area contributed by atoms with Gasteiger partial charge in [-0.3, -0.25) is 4.99 Å². The van der Waals surface area contributed by atoms with E-state index in [9.17, 15) is 0 Å². The molecule has 0 amide bonds. The molecule has 2 heteroatoms. The van der Waals surface area contributed by atoms with Crippen molar-refractivity contribution in [2.24, 2.45) is 4.99 Å². The number of benzene rings is 9. The number of fused-ring (bicyclic) bond motifs is 7. The molecule has 0 atom stereocenters. The van der Waals surface area contributed by atoms with Gasteiger partial charge in [-0.1, -0.05) is 202 Å². The number of allylic oxidation sites excluding steroid dienone is 1. The van der Waals surface area contributed by atoms with Crippen molar-refractivity contribution >= 4 is 49.9 Å². The highest BCUT2D eigenvalue weighted by Gasteiger charge is 2.38. The molecule has 9 aromatic carbocycles. The van der Waals surface area contributed by atoms with Crippen LogP contribution in [0.25, 0.3) is 71.4 Å². The van der Waals surface area contributed by atoms with Gasteiger partial charge in [0.15, 0.2) is 0 Å². The van der Waals surface area contributed by atoms with Gasteiger partial charge in [0.1, 0.15) is 0 Å². The first-order valence-electron chi connectivity index (χ1n) is 19.6. The van der Waals surface area contributed by atoms with Crippen LogP contribution in [0.15, 0.2) is 199 Å². The third kappa shape index (κ3) is 5.89. The van der Waals surface area contributed by atoms with E-state index in [2.05, 4.69) is 172 Å². The van der Waals surface area contributed by atoms with E-state index < -0.39 is 0 Å². The lowest BCUT2D eigenvalue weighted by Crippen LogP contribution is -2.15. The molecule has 0 fully saturated rings. The Bertz CT molecular complexity index is 3090. The molecular weight excluding hydrogens is 689 g/mol. The van der Waals surface area contributed by atoms with Crippen molar-refractivity contribution in [1.82, 2.24) is 0 Å². The molecule has 0 saturated carbocycles. The van der Waals surface area contributed by atoms with Crippen LogP contribution in [0.1, 0.15) is 41.7 Å². The standard InChI is InChI=1S/C55H40N2/c1-55(2)50-25-13-23-45(53(50)49-33-30-37-15-7-9-21-46(37)54(49)55)39-28-26-38(27-29-39)44-32-31-41(43-20-10-11-22-47(43)44)35-57-52(34-51(56)40-16-4-3-5-17-40)48-24-12-18-36-14-6-8-19-42(36)48/h3-35,56H,1-2H3/b52-34-,56-51?,57-35?. The molecule has 0 radical (unpaired) electrons. The second-order valence-electron chi connectivity index (χ2n) is 15.5. The third-order valence-electron chi connectivity index (χ3n) is 11.8. The number of nitrogens with one attached hydrogen (secondary N) is 1. The maximum atomic E-state index is 8.99. The van der Waals surface area contributed by atoms with Gasteiger partial charge in [0.25, 0.3) is 0 Å². The van der Waals surface area contributed by atoms with Crippen LogP contribution >= 0.6 is 0 Å². The Kier molecular flexibility index (Phi) is 8.34. The zero-order valence-corrected chi connectivity index (χ0v) is 32.0. The van der Waals surface area contributed by atoms with Gasteiger partial charge in [0, 0.05) is 22.8 Å². The lowest BCUT2D eigenvalue weighted by atomic mass is 9.80. The molecule has 2 nitrogen and oxygen atoms in total. The Hall–Kier alpha value is -7.16. The van der Waals surface area contributed by atoms with Crippen LogP contribution in [-0.2, 0) is 5.41 Å². The van der Waals surface area contributed by atoms with E-state index in [4.69, 9.17) is 10.4 Å². The van der Waals surface area contributed by atoms with Gasteiger partial charge in [0.05, 0.1) is 11.4 Å². The van der Waals surface area contributed by atoms with E-state index in [1.54, 1.807) is 0 Å². The SMILES string of the molecule is CC1(C)c2cccc(-c3ccc(-c4ccc(C=N/C(=C\C(=N)c5ccccc5)c5cccc6ccccc56)c5ccccc45)cc3)c2-c2ccc3ccccc3c21. The van der Waals surface area contributed by atoms with Gasteiger partial charge >= 0.3 is 0 Å². The lowest BCUT2D eigenvalue weighted by Gasteiger charge is -2.23. The topological polar surface area (TPSA) is 36.2 Å². The highest BCUT2D eigenvalue weighted by atomic mass is 14.7. The summed E-state index contributed by atoms with van der Waals surface area (Å²) in [6, 6.07) is 66.8. The third-order valence-corrected chi connectivity index (χ3v) is 11.8. The predicted molar refractivity (Wildman–Crippen MR) is 243 cm³/mol. The smallest absolute Gasteiger partial charge is 0.0729 e. The molecule has 0 saturated heterocycles. The normalized spacial score (nSPS) is 13.3. The first kappa shape index (κ1) is 34.3. The van der Waals surface area contributed by atoms with E-state index in [1.807, 2.05) is 42.6 Å². The largest absolute Gasteiger partial charge is 0.300 e. The van der Waals surface area contributed by atoms with Crippen LogP contribution in [0.4, 0.5) is 0 Å². The van der Waals surface area contributed by atoms with Gasteiger partial charge in [-0.2, -0.15) is 0 Å². The zero-order chi connectivity index (χ0) is 38.5. The molecule has 1 aliphatic carbocycles. The first-order valence-corrected chi connectivity index (χ1v) is 19.6. The van der Waals surface area contributed by atoms with Crippen LogP contribution in [0.5, 0.6) is 0 Å². The molecule has 0 bridgehead atoms. The van der Waals surface area contributed by atoms with Crippen molar-refractivity contribution < 1.29 is 0 Å². The molecule has 1 N–H and O–H groups in total.